The number of nitrogens with zero attached hydrogens (tertiary/aromatic N) is 4. The van der Waals surface area contributed by atoms with E-state index in [1.165, 1.54) is 24.5 Å². The van der Waals surface area contributed by atoms with Gasteiger partial charge in [-0.15, -0.1) is 0 Å². The lowest BCUT2D eigenvalue weighted by molar-refractivity contribution is 0.0903. The van der Waals surface area contributed by atoms with Crippen LogP contribution in [0.25, 0.3) is 6.08 Å². The smallest absolute Gasteiger partial charge is 0.225 e. The van der Waals surface area contributed by atoms with Crippen molar-refractivity contribution in [3.63, 3.8) is 0 Å². The van der Waals surface area contributed by atoms with E-state index in [2.05, 4.69) is 14.9 Å². The molecule has 148 valence electrons. The first kappa shape index (κ1) is 20.1. The lowest BCUT2D eigenvalue weighted by Gasteiger charge is -2.37. The van der Waals surface area contributed by atoms with E-state index in [0.29, 0.717) is 19.0 Å². The Kier molecular flexibility index (Phi) is 6.80. The predicted molar refractivity (Wildman–Crippen MR) is 104 cm³/mol. The number of carbonyl (C=O) groups is 1. The van der Waals surface area contributed by atoms with Gasteiger partial charge in [0.15, 0.2) is 5.78 Å². The van der Waals surface area contributed by atoms with Gasteiger partial charge < -0.3 is 15.1 Å². The Hall–Kier alpha value is -2.68. The van der Waals surface area contributed by atoms with E-state index in [1.54, 1.807) is 12.1 Å². The van der Waals surface area contributed by atoms with Crippen molar-refractivity contribution in [3.05, 3.63) is 59.7 Å². The van der Waals surface area contributed by atoms with Crippen molar-refractivity contribution in [2.75, 3.05) is 44.3 Å². The van der Waals surface area contributed by atoms with Gasteiger partial charge >= 0.3 is 0 Å². The van der Waals surface area contributed by atoms with Crippen molar-refractivity contribution < 1.29 is 19.4 Å². The molecule has 1 aliphatic rings. The van der Waals surface area contributed by atoms with Gasteiger partial charge in [0.25, 0.3) is 0 Å². The summed E-state index contributed by atoms with van der Waals surface area (Å²) >= 11 is 0. The molecule has 1 atom stereocenters. The molecule has 1 saturated heterocycles. The molecule has 1 aromatic heterocycles. The van der Waals surface area contributed by atoms with E-state index in [4.69, 9.17) is 5.11 Å². The number of aliphatic hydroxyl groups is 2. The zero-order valence-corrected chi connectivity index (χ0v) is 15.4. The molecule has 0 radical (unpaired) electrons. The predicted octanol–water partition coefficient (Wildman–Crippen LogP) is 0.987. The maximum absolute atomic E-state index is 13.0. The van der Waals surface area contributed by atoms with Gasteiger partial charge in [-0.3, -0.25) is 9.69 Å². The Morgan fingerprint density at radius 1 is 1.11 bits per heavy atom. The number of halogens is 1. The summed E-state index contributed by atoms with van der Waals surface area (Å²) in [6, 6.07) is 6.08. The summed E-state index contributed by atoms with van der Waals surface area (Å²) < 4.78 is 13.0. The van der Waals surface area contributed by atoms with Gasteiger partial charge in [-0.1, -0.05) is 24.3 Å². The average Bonchev–Trinajstić information content (AvgIpc) is 2.75. The summed E-state index contributed by atoms with van der Waals surface area (Å²) in [6.07, 6.45) is 6.66. The van der Waals surface area contributed by atoms with Crippen molar-refractivity contribution >= 4 is 17.8 Å². The van der Waals surface area contributed by atoms with Crippen LogP contribution in [0, 0.1) is 5.82 Å². The highest BCUT2D eigenvalue weighted by molar-refractivity contribution is 5.96. The molecule has 0 saturated carbocycles. The number of aliphatic hydroxyl groups excluding tert-OH is 2. The van der Waals surface area contributed by atoms with Crippen LogP contribution in [0.5, 0.6) is 0 Å². The number of anilines is 1. The normalized spacial score (nSPS) is 16.5. The van der Waals surface area contributed by atoms with Gasteiger partial charge in [0, 0.05) is 38.6 Å². The summed E-state index contributed by atoms with van der Waals surface area (Å²) in [4.78, 5) is 24.0. The van der Waals surface area contributed by atoms with E-state index in [9.17, 15) is 14.3 Å². The Morgan fingerprint density at radius 2 is 1.75 bits per heavy atom. The van der Waals surface area contributed by atoms with E-state index >= 15 is 0 Å². The molecule has 0 bridgehead atoms. The number of hydrogen-bond acceptors (Lipinski definition) is 7. The molecule has 8 heteroatoms. The Balaban J connectivity index is 1.57. The van der Waals surface area contributed by atoms with Crippen molar-refractivity contribution in [1.29, 1.82) is 0 Å². The molecule has 1 aliphatic heterocycles. The van der Waals surface area contributed by atoms with Gasteiger partial charge in [0.2, 0.25) is 5.95 Å². The van der Waals surface area contributed by atoms with Crippen LogP contribution in [0.3, 0.4) is 0 Å². The first-order chi connectivity index (χ1) is 13.6. The molecule has 1 fully saturated rings. The fourth-order valence-electron chi connectivity index (χ4n) is 3.07. The van der Waals surface area contributed by atoms with Crippen LogP contribution in [0.1, 0.15) is 15.9 Å². The highest BCUT2D eigenvalue weighted by Crippen LogP contribution is 2.14. The first-order valence-corrected chi connectivity index (χ1v) is 9.10. The van der Waals surface area contributed by atoms with Gasteiger partial charge in [-0.2, -0.15) is 0 Å². The van der Waals surface area contributed by atoms with Gasteiger partial charge in [0.05, 0.1) is 18.2 Å². The Bertz CT molecular complexity index is 803. The zero-order chi connectivity index (χ0) is 19.9. The molecule has 28 heavy (non-hydrogen) atoms. The minimum Gasteiger partial charge on any atom is -0.394 e. The molecule has 2 N–H and O–H groups in total. The van der Waals surface area contributed by atoms with Gasteiger partial charge in [0.1, 0.15) is 12.4 Å². The summed E-state index contributed by atoms with van der Waals surface area (Å²) in [5, 5.41) is 18.6. The second-order valence-corrected chi connectivity index (χ2v) is 6.54. The second kappa shape index (κ2) is 9.50. The molecule has 2 aromatic rings. The topological polar surface area (TPSA) is 89.8 Å². The van der Waals surface area contributed by atoms with Crippen molar-refractivity contribution in [2.24, 2.45) is 0 Å². The fourth-order valence-corrected chi connectivity index (χ4v) is 3.07. The van der Waals surface area contributed by atoms with Crippen LogP contribution in [0.15, 0.2) is 42.7 Å². The number of rotatable bonds is 7. The van der Waals surface area contributed by atoms with Crippen LogP contribution < -0.4 is 4.90 Å². The molecule has 0 aliphatic carbocycles. The number of hydrogen-bond donors (Lipinski definition) is 2. The SMILES string of the molecule is O=C(CO)c1cnc(N2CCN([C@H](/C=C/c3ccc(F)cc3)CO)CC2)nc1. The summed E-state index contributed by atoms with van der Waals surface area (Å²) in [6.45, 7) is 2.25. The van der Waals surface area contributed by atoms with Crippen molar-refractivity contribution in [1.82, 2.24) is 14.9 Å². The quantitative estimate of drug-likeness (QED) is 0.686. The van der Waals surface area contributed by atoms with Crippen LogP contribution in [-0.2, 0) is 0 Å². The minimum atomic E-state index is -0.560. The van der Waals surface area contributed by atoms with E-state index in [-0.39, 0.29) is 24.0 Å². The molecule has 1 aromatic carbocycles. The van der Waals surface area contributed by atoms with E-state index in [1.807, 2.05) is 17.1 Å². The number of benzene rings is 1. The Labute approximate surface area is 162 Å². The van der Waals surface area contributed by atoms with Gasteiger partial charge in [-0.25, -0.2) is 14.4 Å². The number of Topliss-reactive ketones (excluding diaryl/α,β-unsaturated/α-hetero) is 1. The third kappa shape index (κ3) is 4.98. The first-order valence-electron chi connectivity index (χ1n) is 9.10. The van der Waals surface area contributed by atoms with Gasteiger partial charge in [-0.05, 0) is 17.7 Å². The maximum atomic E-state index is 13.0. The number of ketones is 1. The zero-order valence-electron chi connectivity index (χ0n) is 15.4. The summed E-state index contributed by atoms with van der Waals surface area (Å²) in [7, 11) is 0. The number of carbonyl (C=O) groups excluding carboxylic acids is 1. The average molecular weight is 386 g/mol. The third-order valence-corrected chi connectivity index (χ3v) is 4.74. The lowest BCUT2D eigenvalue weighted by Crippen LogP contribution is -2.51. The number of aromatic nitrogens is 2. The van der Waals surface area contributed by atoms with E-state index in [0.717, 1.165) is 18.7 Å². The molecule has 3 rings (SSSR count). The summed E-state index contributed by atoms with van der Waals surface area (Å²) in [5.41, 5.74) is 1.17. The minimum absolute atomic E-state index is 0.00777. The molecule has 0 spiro atoms. The second-order valence-electron chi connectivity index (χ2n) is 6.54. The molecule has 7 nitrogen and oxygen atoms in total. The molecular weight excluding hydrogens is 363 g/mol. The maximum Gasteiger partial charge on any atom is 0.225 e. The van der Waals surface area contributed by atoms with Crippen LogP contribution in [0.2, 0.25) is 0 Å². The van der Waals surface area contributed by atoms with Crippen molar-refractivity contribution in [2.45, 2.75) is 6.04 Å². The molecule has 0 unspecified atom stereocenters. The lowest BCUT2D eigenvalue weighted by atomic mass is 10.1. The molecule has 2 heterocycles. The monoisotopic (exact) mass is 386 g/mol. The molecular formula is C20H23FN4O3. The van der Waals surface area contributed by atoms with Crippen LogP contribution in [0.4, 0.5) is 10.3 Å². The largest absolute Gasteiger partial charge is 0.394 e. The summed E-state index contributed by atoms with van der Waals surface area (Å²) in [5.74, 6) is -0.144. The molecule has 0 amide bonds. The third-order valence-electron chi connectivity index (χ3n) is 4.74. The fraction of sp³-hybridized carbons (Fsp3) is 0.350. The van der Waals surface area contributed by atoms with E-state index < -0.39 is 12.4 Å². The Morgan fingerprint density at radius 3 is 2.32 bits per heavy atom. The van der Waals surface area contributed by atoms with Crippen molar-refractivity contribution in [3.8, 4) is 0 Å². The van der Waals surface area contributed by atoms with Crippen LogP contribution in [-0.4, -0.2) is 76.3 Å². The highest BCUT2D eigenvalue weighted by atomic mass is 19.1. The standard InChI is InChI=1S/C20H23FN4O3/c21-17-4-1-15(2-5-17)3-6-18(13-26)24-7-9-25(10-8-24)20-22-11-16(12-23-20)19(28)14-27/h1-6,11-12,18,26-27H,7-10,13-14H2/b6-3+/t18-/m1/s1. The highest BCUT2D eigenvalue weighted by Gasteiger charge is 2.23. The van der Waals surface area contributed by atoms with Crippen LogP contribution >= 0.6 is 0 Å². The number of piperazine rings is 1.